The summed E-state index contributed by atoms with van der Waals surface area (Å²) in [5.74, 6) is -0.201. The minimum absolute atomic E-state index is 0.00358. The van der Waals surface area contributed by atoms with Crippen LogP contribution in [-0.2, 0) is 0 Å². The minimum atomic E-state index is -0.204. The summed E-state index contributed by atoms with van der Waals surface area (Å²) in [5, 5.41) is 3.83. The van der Waals surface area contributed by atoms with Gasteiger partial charge in [-0.2, -0.15) is 0 Å². The maximum atomic E-state index is 12.3. The van der Waals surface area contributed by atoms with Crippen LogP contribution in [0.3, 0.4) is 0 Å². The van der Waals surface area contributed by atoms with Gasteiger partial charge in [0.15, 0.2) is 5.78 Å². The zero-order valence-corrected chi connectivity index (χ0v) is 12.4. The number of H-pyrrole nitrogens is 1. The Hall–Kier alpha value is -2.88. The number of hydrogen-bond acceptors (Lipinski definition) is 2. The number of fused-ring (bicyclic) bond motifs is 1. The molecule has 1 aromatic heterocycles. The highest BCUT2D eigenvalue weighted by Crippen LogP contribution is 2.18. The van der Waals surface area contributed by atoms with Crippen LogP contribution in [0, 0.1) is 6.92 Å². The number of ketones is 1. The summed E-state index contributed by atoms with van der Waals surface area (Å²) in [6, 6.07) is 14.7. The van der Waals surface area contributed by atoms with Crippen molar-refractivity contribution >= 4 is 28.3 Å². The maximum Gasteiger partial charge on any atom is 0.272 e. The molecule has 1 heterocycles. The van der Waals surface area contributed by atoms with Crippen LogP contribution in [0.4, 0.5) is 5.69 Å². The van der Waals surface area contributed by atoms with Gasteiger partial charge in [-0.15, -0.1) is 0 Å². The average Bonchev–Trinajstić information content (AvgIpc) is 2.91. The van der Waals surface area contributed by atoms with Crippen LogP contribution in [-0.4, -0.2) is 16.7 Å². The normalized spacial score (nSPS) is 10.6. The minimum Gasteiger partial charge on any atom is -0.351 e. The highest BCUT2D eigenvalue weighted by molar-refractivity contribution is 6.06. The number of hydrogen-bond donors (Lipinski definition) is 2. The number of nitrogens with one attached hydrogen (secondary N) is 2. The third-order valence-corrected chi connectivity index (χ3v) is 3.57. The van der Waals surface area contributed by atoms with Crippen molar-refractivity contribution in [3.63, 3.8) is 0 Å². The lowest BCUT2D eigenvalue weighted by molar-refractivity contribution is 0.101. The molecule has 0 aliphatic carbocycles. The molecule has 22 heavy (non-hydrogen) atoms. The Bertz CT molecular complexity index is 860. The number of amides is 1. The van der Waals surface area contributed by atoms with Crippen LogP contribution in [0.25, 0.3) is 10.9 Å². The molecule has 0 saturated carbocycles. The zero-order chi connectivity index (χ0) is 15.7. The number of carbonyl (C=O) groups excluding carboxylic acids is 2. The topological polar surface area (TPSA) is 62.0 Å². The van der Waals surface area contributed by atoms with Crippen molar-refractivity contribution in [2.75, 3.05) is 5.32 Å². The van der Waals surface area contributed by atoms with Crippen molar-refractivity contribution < 1.29 is 9.59 Å². The van der Waals surface area contributed by atoms with E-state index in [1.54, 1.807) is 24.3 Å². The monoisotopic (exact) mass is 292 g/mol. The molecule has 110 valence electrons. The summed E-state index contributed by atoms with van der Waals surface area (Å²) in [5.41, 5.74) is 3.88. The van der Waals surface area contributed by atoms with Crippen molar-refractivity contribution in [2.24, 2.45) is 0 Å². The van der Waals surface area contributed by atoms with Gasteiger partial charge in [-0.3, -0.25) is 9.59 Å². The van der Waals surface area contributed by atoms with Crippen LogP contribution in [0.2, 0.25) is 0 Å². The van der Waals surface area contributed by atoms with Gasteiger partial charge in [0.05, 0.1) is 0 Å². The second-order valence-corrected chi connectivity index (χ2v) is 5.36. The molecule has 2 N–H and O–H groups in total. The third kappa shape index (κ3) is 2.76. The fourth-order valence-electron chi connectivity index (χ4n) is 2.36. The van der Waals surface area contributed by atoms with Crippen LogP contribution in [0.15, 0.2) is 48.5 Å². The highest BCUT2D eigenvalue weighted by Gasteiger charge is 2.10. The van der Waals surface area contributed by atoms with Crippen molar-refractivity contribution in [1.29, 1.82) is 0 Å². The molecular formula is C18H16N2O2. The first-order valence-electron chi connectivity index (χ1n) is 7.04. The molecule has 3 rings (SSSR count). The Balaban J connectivity index is 1.81. The quantitative estimate of drug-likeness (QED) is 0.718. The van der Waals surface area contributed by atoms with E-state index in [0.29, 0.717) is 16.9 Å². The molecule has 4 nitrogen and oxygen atoms in total. The van der Waals surface area contributed by atoms with E-state index in [9.17, 15) is 9.59 Å². The maximum absolute atomic E-state index is 12.3. The van der Waals surface area contributed by atoms with E-state index in [1.165, 1.54) is 6.92 Å². The summed E-state index contributed by atoms with van der Waals surface area (Å²) in [6.07, 6.45) is 0. The molecule has 4 heteroatoms. The van der Waals surface area contributed by atoms with Gasteiger partial charge >= 0.3 is 0 Å². The Morgan fingerprint density at radius 2 is 1.73 bits per heavy atom. The van der Waals surface area contributed by atoms with Gasteiger partial charge in [0.2, 0.25) is 0 Å². The first-order valence-corrected chi connectivity index (χ1v) is 7.04. The molecule has 0 saturated heterocycles. The SMILES string of the molecule is CC(=O)c1ccc(NC(=O)c2cc3cc(C)ccc3[nH]2)cc1. The predicted molar refractivity (Wildman–Crippen MR) is 87.4 cm³/mol. The van der Waals surface area contributed by atoms with Gasteiger partial charge in [0, 0.05) is 22.2 Å². The summed E-state index contributed by atoms with van der Waals surface area (Å²) in [6.45, 7) is 3.53. The fourth-order valence-corrected chi connectivity index (χ4v) is 2.36. The average molecular weight is 292 g/mol. The first-order chi connectivity index (χ1) is 10.5. The van der Waals surface area contributed by atoms with E-state index >= 15 is 0 Å². The van der Waals surface area contributed by atoms with Crippen LogP contribution in [0.1, 0.15) is 33.3 Å². The van der Waals surface area contributed by atoms with E-state index in [1.807, 2.05) is 31.2 Å². The van der Waals surface area contributed by atoms with Crippen molar-refractivity contribution in [3.8, 4) is 0 Å². The molecule has 0 aliphatic heterocycles. The third-order valence-electron chi connectivity index (χ3n) is 3.57. The summed E-state index contributed by atoms with van der Waals surface area (Å²) >= 11 is 0. The summed E-state index contributed by atoms with van der Waals surface area (Å²) in [7, 11) is 0. The van der Waals surface area contributed by atoms with Gasteiger partial charge in [0.25, 0.3) is 5.91 Å². The molecule has 0 atom stereocenters. The number of aromatic nitrogens is 1. The standard InChI is InChI=1S/C18H16N2O2/c1-11-3-8-16-14(9-11)10-17(20-16)18(22)19-15-6-4-13(5-7-15)12(2)21/h3-10,20H,1-2H3,(H,19,22). The number of benzene rings is 2. The van der Waals surface area contributed by atoms with E-state index in [2.05, 4.69) is 10.3 Å². The Morgan fingerprint density at radius 1 is 1.00 bits per heavy atom. The van der Waals surface area contributed by atoms with Crippen molar-refractivity contribution in [3.05, 3.63) is 65.4 Å². The zero-order valence-electron chi connectivity index (χ0n) is 12.4. The largest absolute Gasteiger partial charge is 0.351 e. The molecule has 3 aromatic rings. The molecule has 0 spiro atoms. The molecular weight excluding hydrogens is 276 g/mol. The molecule has 2 aromatic carbocycles. The number of anilines is 1. The molecule has 0 aliphatic rings. The highest BCUT2D eigenvalue weighted by atomic mass is 16.2. The Kier molecular flexibility index (Phi) is 3.51. The second kappa shape index (κ2) is 5.48. The molecule has 0 radical (unpaired) electrons. The van der Waals surface area contributed by atoms with Gasteiger partial charge in [-0.25, -0.2) is 0 Å². The molecule has 0 unspecified atom stereocenters. The summed E-state index contributed by atoms with van der Waals surface area (Å²) in [4.78, 5) is 26.6. The molecule has 1 amide bonds. The lowest BCUT2D eigenvalue weighted by Gasteiger charge is -2.04. The number of carbonyl (C=O) groups is 2. The fraction of sp³-hybridized carbons (Fsp3) is 0.111. The first kappa shape index (κ1) is 14.1. The van der Waals surface area contributed by atoms with Crippen molar-refractivity contribution in [2.45, 2.75) is 13.8 Å². The smallest absolute Gasteiger partial charge is 0.272 e. The van der Waals surface area contributed by atoms with Gasteiger partial charge in [0.1, 0.15) is 5.69 Å². The number of aryl methyl sites for hydroxylation is 1. The number of Topliss-reactive ketones (excluding diaryl/α,β-unsaturated/α-hetero) is 1. The van der Waals surface area contributed by atoms with Gasteiger partial charge in [-0.1, -0.05) is 11.6 Å². The number of rotatable bonds is 3. The second-order valence-electron chi connectivity index (χ2n) is 5.36. The van der Waals surface area contributed by atoms with E-state index in [4.69, 9.17) is 0 Å². The van der Waals surface area contributed by atoms with E-state index < -0.39 is 0 Å². The lowest BCUT2D eigenvalue weighted by Crippen LogP contribution is -2.12. The van der Waals surface area contributed by atoms with Crippen LogP contribution < -0.4 is 5.32 Å². The van der Waals surface area contributed by atoms with Crippen LogP contribution >= 0.6 is 0 Å². The van der Waals surface area contributed by atoms with Gasteiger partial charge in [-0.05, 0) is 56.3 Å². The Labute approximate surface area is 128 Å². The molecule has 0 bridgehead atoms. The van der Waals surface area contributed by atoms with Gasteiger partial charge < -0.3 is 10.3 Å². The lowest BCUT2D eigenvalue weighted by atomic mass is 10.1. The molecule has 0 fully saturated rings. The van der Waals surface area contributed by atoms with Crippen LogP contribution in [0.5, 0.6) is 0 Å². The van der Waals surface area contributed by atoms with E-state index in [-0.39, 0.29) is 11.7 Å². The Morgan fingerprint density at radius 3 is 2.41 bits per heavy atom. The summed E-state index contributed by atoms with van der Waals surface area (Å²) < 4.78 is 0. The van der Waals surface area contributed by atoms with Crippen molar-refractivity contribution in [1.82, 2.24) is 4.98 Å². The van der Waals surface area contributed by atoms with E-state index in [0.717, 1.165) is 16.5 Å². The predicted octanol–water partition coefficient (Wildman–Crippen LogP) is 3.93. The number of aromatic amines is 1.